The predicted octanol–water partition coefficient (Wildman–Crippen LogP) is 1.95. The van der Waals surface area contributed by atoms with Gasteiger partial charge in [0.2, 0.25) is 0 Å². The van der Waals surface area contributed by atoms with Crippen molar-refractivity contribution in [3.05, 3.63) is 33.8 Å². The molecule has 1 unspecified atom stereocenters. The Morgan fingerprint density at radius 2 is 1.81 bits per heavy atom. The van der Waals surface area contributed by atoms with Crippen LogP contribution in [0.5, 0.6) is 0 Å². The molecule has 0 bridgehead atoms. The normalized spacial score (nSPS) is 24.7. The zero-order valence-electron chi connectivity index (χ0n) is 14.1. The van der Waals surface area contributed by atoms with Gasteiger partial charge in [0.25, 0.3) is 0 Å². The number of ether oxygens (including phenoxy) is 1. The molecule has 0 N–H and O–H groups in total. The molecule has 0 aliphatic heterocycles. The Labute approximate surface area is 141 Å². The van der Waals surface area contributed by atoms with Crippen molar-refractivity contribution in [3.63, 3.8) is 0 Å². The highest BCUT2D eigenvalue weighted by atomic mass is 79.9. The minimum Gasteiger partial charge on any atom is -0.398 e. The molecule has 21 heavy (non-hydrogen) atoms. The molecule has 1 nitrogen and oxygen atoms in total. The maximum absolute atomic E-state index is 6.15. The van der Waals surface area contributed by atoms with E-state index < -0.39 is 0 Å². The van der Waals surface area contributed by atoms with E-state index in [-0.39, 0.29) is 5.30 Å². The van der Waals surface area contributed by atoms with Gasteiger partial charge in [-0.2, -0.15) is 0 Å². The van der Waals surface area contributed by atoms with Crippen LogP contribution in [-0.4, -0.2) is 34.9 Å². The summed E-state index contributed by atoms with van der Waals surface area (Å²) >= 11 is 3.61. The molecule has 0 radical (unpaired) electrons. The summed E-state index contributed by atoms with van der Waals surface area (Å²) in [5.74, 6) is 1.43. The fourth-order valence-electron chi connectivity index (χ4n) is 3.56. The monoisotopic (exact) mass is 346 g/mol. The number of benzene rings is 1. The highest BCUT2D eigenvalue weighted by molar-refractivity contribution is 9.10. The predicted molar refractivity (Wildman–Crippen MR) is 102 cm³/mol. The Hall–Kier alpha value is -0.145. The quantitative estimate of drug-likeness (QED) is 0.757. The first kappa shape index (κ1) is 17.2. The molecule has 1 aliphatic rings. The van der Waals surface area contributed by atoms with Crippen LogP contribution in [-0.2, 0) is 4.74 Å². The lowest BCUT2D eigenvalue weighted by Gasteiger charge is -2.36. The van der Waals surface area contributed by atoms with E-state index in [0.717, 1.165) is 5.92 Å². The second kappa shape index (κ2) is 6.96. The second-order valence-electron chi connectivity index (χ2n) is 7.56. The molecule has 1 fully saturated rings. The summed E-state index contributed by atoms with van der Waals surface area (Å²) in [6.07, 6.45) is 5.44. The van der Waals surface area contributed by atoms with Crippen LogP contribution in [0, 0.1) is 12.8 Å². The van der Waals surface area contributed by atoms with Crippen LogP contribution in [0.4, 0.5) is 0 Å². The zero-order valence-corrected chi connectivity index (χ0v) is 15.7. The van der Waals surface area contributed by atoms with Crippen molar-refractivity contribution in [3.8, 4) is 0 Å². The highest BCUT2D eigenvalue weighted by Crippen LogP contribution is 2.38. The third kappa shape index (κ3) is 4.92. The molecule has 1 aliphatic carbocycles. The number of halogens is 1. The van der Waals surface area contributed by atoms with Gasteiger partial charge in [0, 0.05) is 4.47 Å². The molecule has 0 heterocycles. The van der Waals surface area contributed by atoms with Gasteiger partial charge in [0.05, 0.1) is 6.10 Å². The van der Waals surface area contributed by atoms with Gasteiger partial charge in [0.1, 0.15) is 23.5 Å². The smallest absolute Gasteiger partial charge is 0.121 e. The average molecular weight is 347 g/mol. The zero-order chi connectivity index (χ0) is 15.6. The van der Waals surface area contributed by atoms with Gasteiger partial charge in [-0.3, -0.25) is 0 Å². The summed E-state index contributed by atoms with van der Waals surface area (Å²) < 4.78 is 7.34. The lowest BCUT2D eigenvalue weighted by Crippen LogP contribution is -2.40. The number of aryl methyl sites for hydroxylation is 1. The topological polar surface area (TPSA) is 9.23 Å². The minimum atomic E-state index is -0.00992. The van der Waals surface area contributed by atoms with Gasteiger partial charge in [-0.25, -0.2) is 0 Å². The summed E-state index contributed by atoms with van der Waals surface area (Å²) in [5, 5.41) is -0.00992. The van der Waals surface area contributed by atoms with E-state index in [4.69, 9.17) is 4.74 Å². The summed E-state index contributed by atoms with van der Waals surface area (Å²) in [4.78, 5) is 0. The molecule has 0 saturated heterocycles. The molecule has 1 atom stereocenters. The number of hydrogen-bond donors (Lipinski definition) is 0. The molecule has 112 valence electrons. The molecule has 1 saturated carbocycles. The standard InChI is InChI=1S/C16H26B3BrO/c1-10-3-6-13(20)9-15(10)11(2)12-4-7-14(8-5-12)21-16(17,18)19/h3,6,9,11-12,14H,4-5,7-8,17-19H2,1-2H3. The first-order valence-electron chi connectivity index (χ1n) is 8.20. The molecule has 0 spiro atoms. The Bertz CT molecular complexity index is 479. The fourth-order valence-corrected chi connectivity index (χ4v) is 3.94. The molecule has 2 rings (SSSR count). The molecule has 1 aromatic carbocycles. The van der Waals surface area contributed by atoms with Gasteiger partial charge in [-0.15, -0.1) is 0 Å². The number of hydrogen-bond acceptors (Lipinski definition) is 1. The first-order valence-corrected chi connectivity index (χ1v) is 8.99. The molecule has 1 aromatic rings. The summed E-state index contributed by atoms with van der Waals surface area (Å²) in [7, 11) is 6.48. The summed E-state index contributed by atoms with van der Waals surface area (Å²) in [6, 6.07) is 6.67. The van der Waals surface area contributed by atoms with E-state index in [1.807, 2.05) is 0 Å². The second-order valence-corrected chi connectivity index (χ2v) is 8.47. The SMILES string of the molecule is BC(B)(B)OC1CCC(C(C)c2cc(Br)ccc2C)CC1. The summed E-state index contributed by atoms with van der Waals surface area (Å²) in [5.41, 5.74) is 2.92. The molecule has 5 heteroatoms. The van der Waals surface area contributed by atoms with Crippen LogP contribution in [0.2, 0.25) is 0 Å². The van der Waals surface area contributed by atoms with Crippen molar-refractivity contribution >= 4 is 39.5 Å². The van der Waals surface area contributed by atoms with E-state index in [0.29, 0.717) is 12.0 Å². The molecule has 0 amide bonds. The summed E-state index contributed by atoms with van der Waals surface area (Å²) in [6.45, 7) is 4.62. The van der Waals surface area contributed by atoms with Crippen LogP contribution in [0.25, 0.3) is 0 Å². The molecule has 0 aromatic heterocycles. The van der Waals surface area contributed by atoms with Gasteiger partial charge >= 0.3 is 0 Å². The fraction of sp³-hybridized carbons (Fsp3) is 0.625. The van der Waals surface area contributed by atoms with Crippen molar-refractivity contribution in [1.82, 2.24) is 0 Å². The maximum Gasteiger partial charge on any atom is 0.121 e. The largest absolute Gasteiger partial charge is 0.398 e. The van der Waals surface area contributed by atoms with Gasteiger partial charge in [0.15, 0.2) is 0 Å². The number of rotatable bonds is 4. The van der Waals surface area contributed by atoms with Crippen molar-refractivity contribution in [2.24, 2.45) is 5.92 Å². The molecular weight excluding hydrogens is 321 g/mol. The van der Waals surface area contributed by atoms with Gasteiger partial charge in [-0.05, 0) is 73.0 Å². The van der Waals surface area contributed by atoms with E-state index >= 15 is 0 Å². The van der Waals surface area contributed by atoms with Crippen molar-refractivity contribution in [2.75, 3.05) is 0 Å². The first-order chi connectivity index (χ1) is 9.76. The van der Waals surface area contributed by atoms with Crippen LogP contribution in [0.1, 0.15) is 49.7 Å². The van der Waals surface area contributed by atoms with E-state index in [1.165, 1.54) is 41.3 Å². The Kier molecular flexibility index (Phi) is 5.70. The van der Waals surface area contributed by atoms with E-state index in [1.54, 1.807) is 0 Å². The van der Waals surface area contributed by atoms with Gasteiger partial charge in [-0.1, -0.05) is 28.9 Å². The Balaban J connectivity index is 1.97. The van der Waals surface area contributed by atoms with E-state index in [2.05, 4.69) is 71.5 Å². The van der Waals surface area contributed by atoms with Crippen molar-refractivity contribution < 1.29 is 4.74 Å². The minimum absolute atomic E-state index is 0.00992. The highest BCUT2D eigenvalue weighted by Gasteiger charge is 2.29. The third-order valence-corrected chi connectivity index (χ3v) is 5.17. The molecular formula is C16H26B3BrO. The van der Waals surface area contributed by atoms with Crippen molar-refractivity contribution in [1.29, 1.82) is 0 Å². The van der Waals surface area contributed by atoms with E-state index in [9.17, 15) is 0 Å². The Morgan fingerprint density at radius 1 is 1.19 bits per heavy atom. The average Bonchev–Trinajstić information content (AvgIpc) is 2.40. The van der Waals surface area contributed by atoms with Crippen molar-refractivity contribution in [2.45, 2.75) is 56.9 Å². The van der Waals surface area contributed by atoms with Gasteiger partial charge < -0.3 is 4.74 Å². The lowest BCUT2D eigenvalue weighted by molar-refractivity contribution is 0.00982. The van der Waals surface area contributed by atoms with Crippen LogP contribution < -0.4 is 0 Å². The Morgan fingerprint density at radius 3 is 2.38 bits per heavy atom. The van der Waals surface area contributed by atoms with Crippen LogP contribution >= 0.6 is 15.9 Å². The lowest BCUT2D eigenvalue weighted by atomic mass is 9.52. The maximum atomic E-state index is 6.15. The third-order valence-electron chi connectivity index (χ3n) is 4.68. The van der Waals surface area contributed by atoms with Crippen LogP contribution in [0.15, 0.2) is 22.7 Å². The van der Waals surface area contributed by atoms with Crippen LogP contribution in [0.3, 0.4) is 0 Å².